The van der Waals surface area contributed by atoms with Crippen LogP contribution in [0.15, 0.2) is 23.3 Å². The molecule has 0 unspecified atom stereocenters. The van der Waals surface area contributed by atoms with Crippen LogP contribution in [0.5, 0.6) is 0 Å². The third-order valence-electron chi connectivity index (χ3n) is 3.90. The highest BCUT2D eigenvalue weighted by molar-refractivity contribution is 14.0. The molecule has 24 heavy (non-hydrogen) atoms. The van der Waals surface area contributed by atoms with E-state index in [4.69, 9.17) is 5.73 Å². The SMILES string of the molecule is CC1CCN(C(N)=NCCNc2ncccc2C(F)(F)F)CC1.I. The zero-order valence-corrected chi connectivity index (χ0v) is 15.8. The minimum Gasteiger partial charge on any atom is -0.370 e. The third kappa shape index (κ3) is 5.99. The lowest BCUT2D eigenvalue weighted by molar-refractivity contribution is -0.137. The number of hydrogen-bond donors (Lipinski definition) is 2. The lowest BCUT2D eigenvalue weighted by atomic mass is 10.00. The van der Waals surface area contributed by atoms with Crippen LogP contribution in [0, 0.1) is 5.92 Å². The van der Waals surface area contributed by atoms with Gasteiger partial charge in [-0.3, -0.25) is 4.99 Å². The summed E-state index contributed by atoms with van der Waals surface area (Å²) in [6, 6.07) is 2.27. The molecule has 0 atom stereocenters. The number of aromatic nitrogens is 1. The average Bonchev–Trinajstić information content (AvgIpc) is 2.51. The number of halogens is 4. The topological polar surface area (TPSA) is 66.5 Å². The zero-order chi connectivity index (χ0) is 16.9. The maximum atomic E-state index is 12.8. The first kappa shape index (κ1) is 20.8. The van der Waals surface area contributed by atoms with E-state index >= 15 is 0 Å². The van der Waals surface area contributed by atoms with Gasteiger partial charge in [-0.25, -0.2) is 4.98 Å². The van der Waals surface area contributed by atoms with Gasteiger partial charge in [0.25, 0.3) is 0 Å². The Bertz CT molecular complexity index is 542. The smallest absolute Gasteiger partial charge is 0.370 e. The number of rotatable bonds is 4. The Hall–Kier alpha value is -1.26. The molecule has 1 fully saturated rings. The van der Waals surface area contributed by atoms with Crippen LogP contribution < -0.4 is 11.1 Å². The number of nitrogens with zero attached hydrogens (tertiary/aromatic N) is 3. The molecule has 1 aliphatic heterocycles. The molecule has 0 spiro atoms. The molecule has 1 aliphatic rings. The molecule has 1 saturated heterocycles. The van der Waals surface area contributed by atoms with Gasteiger partial charge in [-0.2, -0.15) is 13.2 Å². The Morgan fingerprint density at radius 1 is 1.42 bits per heavy atom. The van der Waals surface area contributed by atoms with E-state index in [1.165, 1.54) is 12.3 Å². The second kappa shape index (κ2) is 9.28. The maximum absolute atomic E-state index is 12.8. The van der Waals surface area contributed by atoms with E-state index in [1.807, 2.05) is 4.90 Å². The van der Waals surface area contributed by atoms with Gasteiger partial charge in [0.05, 0.1) is 12.1 Å². The third-order valence-corrected chi connectivity index (χ3v) is 3.90. The fourth-order valence-corrected chi connectivity index (χ4v) is 2.46. The van der Waals surface area contributed by atoms with E-state index in [-0.39, 0.29) is 36.3 Å². The van der Waals surface area contributed by atoms with E-state index in [2.05, 4.69) is 22.2 Å². The second-order valence-corrected chi connectivity index (χ2v) is 5.73. The largest absolute Gasteiger partial charge is 0.419 e. The quantitative estimate of drug-likeness (QED) is 0.316. The molecule has 2 heterocycles. The van der Waals surface area contributed by atoms with Crippen LogP contribution in [-0.2, 0) is 6.18 Å². The molecule has 0 bridgehead atoms. The van der Waals surface area contributed by atoms with Crippen molar-refractivity contribution in [2.45, 2.75) is 25.9 Å². The lowest BCUT2D eigenvalue weighted by Gasteiger charge is -2.31. The number of nitrogens with one attached hydrogen (secondary N) is 1. The van der Waals surface area contributed by atoms with Crippen molar-refractivity contribution < 1.29 is 13.2 Å². The van der Waals surface area contributed by atoms with E-state index < -0.39 is 11.7 Å². The Morgan fingerprint density at radius 3 is 2.71 bits per heavy atom. The molecule has 3 N–H and O–H groups in total. The number of alkyl halides is 3. The first-order chi connectivity index (χ1) is 10.9. The molecular weight excluding hydrogens is 434 g/mol. The predicted molar refractivity (Wildman–Crippen MR) is 99.6 cm³/mol. The van der Waals surface area contributed by atoms with Crippen molar-refractivity contribution in [3.8, 4) is 0 Å². The predicted octanol–water partition coefficient (Wildman–Crippen LogP) is 3.18. The first-order valence-electron chi connectivity index (χ1n) is 7.69. The highest BCUT2D eigenvalue weighted by Crippen LogP contribution is 2.33. The van der Waals surface area contributed by atoms with Crippen LogP contribution >= 0.6 is 24.0 Å². The summed E-state index contributed by atoms with van der Waals surface area (Å²) in [5, 5.41) is 2.67. The van der Waals surface area contributed by atoms with Crippen molar-refractivity contribution >= 4 is 35.8 Å². The van der Waals surface area contributed by atoms with Gasteiger partial charge in [-0.05, 0) is 30.9 Å². The summed E-state index contributed by atoms with van der Waals surface area (Å²) in [7, 11) is 0. The standard InChI is InChI=1S/C15H22F3N5.HI/c1-11-4-9-23(10-5-11)14(19)22-8-7-21-13-12(15(16,17)18)3-2-6-20-13;/h2-3,6,11H,4-5,7-10H2,1H3,(H2,19,22)(H,20,21);1H. The van der Waals surface area contributed by atoms with Crippen LogP contribution in [-0.4, -0.2) is 42.0 Å². The number of piperidine rings is 1. The van der Waals surface area contributed by atoms with Crippen LogP contribution in [0.3, 0.4) is 0 Å². The first-order valence-corrected chi connectivity index (χ1v) is 7.69. The van der Waals surface area contributed by atoms with Crippen molar-refractivity contribution in [3.05, 3.63) is 23.9 Å². The molecule has 9 heteroatoms. The van der Waals surface area contributed by atoms with Crippen LogP contribution in [0.4, 0.5) is 19.0 Å². The van der Waals surface area contributed by atoms with Gasteiger partial charge in [0.2, 0.25) is 0 Å². The molecule has 0 amide bonds. The van der Waals surface area contributed by atoms with Gasteiger partial charge >= 0.3 is 6.18 Å². The lowest BCUT2D eigenvalue weighted by Crippen LogP contribution is -2.42. The molecular formula is C15H23F3IN5. The Balaban J connectivity index is 0.00000288. The maximum Gasteiger partial charge on any atom is 0.419 e. The second-order valence-electron chi connectivity index (χ2n) is 5.73. The normalized spacial score (nSPS) is 16.7. The van der Waals surface area contributed by atoms with E-state index in [0.717, 1.165) is 32.0 Å². The highest BCUT2D eigenvalue weighted by atomic mass is 127. The van der Waals surface area contributed by atoms with Gasteiger partial charge in [-0.15, -0.1) is 24.0 Å². The monoisotopic (exact) mass is 457 g/mol. The minimum absolute atomic E-state index is 0. The summed E-state index contributed by atoms with van der Waals surface area (Å²) >= 11 is 0. The number of pyridine rings is 1. The molecule has 136 valence electrons. The van der Waals surface area contributed by atoms with Gasteiger partial charge < -0.3 is 16.0 Å². The number of guanidine groups is 1. The van der Waals surface area contributed by atoms with E-state index in [1.54, 1.807) is 0 Å². The van der Waals surface area contributed by atoms with Gasteiger partial charge in [-0.1, -0.05) is 6.92 Å². The fourth-order valence-electron chi connectivity index (χ4n) is 2.46. The zero-order valence-electron chi connectivity index (χ0n) is 13.5. The summed E-state index contributed by atoms with van der Waals surface area (Å²) in [5.41, 5.74) is 5.15. The van der Waals surface area contributed by atoms with Crippen LogP contribution in [0.25, 0.3) is 0 Å². The van der Waals surface area contributed by atoms with Gasteiger partial charge in [0.15, 0.2) is 5.96 Å². The number of nitrogens with two attached hydrogens (primary N) is 1. The summed E-state index contributed by atoms with van der Waals surface area (Å²) in [6.07, 6.45) is -0.942. The molecule has 0 saturated carbocycles. The Kier molecular flexibility index (Phi) is 8.04. The molecule has 1 aromatic heterocycles. The molecule has 0 aromatic carbocycles. The molecule has 5 nitrogen and oxygen atoms in total. The van der Waals surface area contributed by atoms with Gasteiger partial charge in [0.1, 0.15) is 5.82 Å². The number of anilines is 1. The van der Waals surface area contributed by atoms with Crippen molar-refractivity contribution in [2.75, 3.05) is 31.5 Å². The molecule has 0 radical (unpaired) electrons. The van der Waals surface area contributed by atoms with Crippen LogP contribution in [0.1, 0.15) is 25.3 Å². The molecule has 1 aromatic rings. The van der Waals surface area contributed by atoms with Crippen molar-refractivity contribution in [3.63, 3.8) is 0 Å². The van der Waals surface area contributed by atoms with Crippen LogP contribution in [0.2, 0.25) is 0 Å². The number of aliphatic imine (C=N–C) groups is 1. The molecule has 2 rings (SSSR count). The highest BCUT2D eigenvalue weighted by Gasteiger charge is 2.33. The van der Waals surface area contributed by atoms with E-state index in [9.17, 15) is 13.2 Å². The Labute approximate surface area is 156 Å². The van der Waals surface area contributed by atoms with E-state index in [0.29, 0.717) is 18.4 Å². The van der Waals surface area contributed by atoms with Gasteiger partial charge in [0, 0.05) is 25.8 Å². The fraction of sp³-hybridized carbons (Fsp3) is 0.600. The number of likely N-dealkylation sites (tertiary alicyclic amines) is 1. The van der Waals surface area contributed by atoms with Crippen molar-refractivity contribution in [1.29, 1.82) is 0 Å². The summed E-state index contributed by atoms with van der Waals surface area (Å²) in [6.45, 7) is 4.50. The summed E-state index contributed by atoms with van der Waals surface area (Å²) in [5.74, 6) is 0.974. The summed E-state index contributed by atoms with van der Waals surface area (Å²) < 4.78 is 38.5. The number of hydrogen-bond acceptors (Lipinski definition) is 3. The average molecular weight is 457 g/mol. The Morgan fingerprint density at radius 2 is 2.08 bits per heavy atom. The van der Waals surface area contributed by atoms with Crippen molar-refractivity contribution in [2.24, 2.45) is 16.6 Å². The minimum atomic E-state index is -4.43. The molecule has 0 aliphatic carbocycles. The van der Waals surface area contributed by atoms with Crippen molar-refractivity contribution in [1.82, 2.24) is 9.88 Å². The summed E-state index contributed by atoms with van der Waals surface area (Å²) in [4.78, 5) is 9.98.